The minimum Gasteiger partial charge on any atom is -0.453 e. The Morgan fingerprint density at radius 3 is 2.51 bits per heavy atom. The standard InChI is InChI=1S/C23H17ClF3N3O4S/c1-12-6-17(35(29,32)33)3-5-19(12)30-20(31)10-14-2-4-18(24)22(21(14)25)34-16-8-13(11-28)7-15(9-16)23(26)27/h2-9,23H,10H2,1H3,(H,30,31)(H2,29,32,33). The zero-order valence-electron chi connectivity index (χ0n) is 18.0. The van der Waals surface area contributed by atoms with Crippen molar-refractivity contribution >= 4 is 33.2 Å². The number of carbonyl (C=O) groups is 1. The zero-order valence-corrected chi connectivity index (χ0v) is 19.6. The number of nitriles is 1. The highest BCUT2D eigenvalue weighted by molar-refractivity contribution is 7.89. The highest BCUT2D eigenvalue weighted by atomic mass is 35.5. The van der Waals surface area contributed by atoms with Gasteiger partial charge in [0.25, 0.3) is 6.43 Å². The number of nitrogens with one attached hydrogen (secondary N) is 1. The second kappa shape index (κ2) is 10.4. The molecule has 0 saturated heterocycles. The summed E-state index contributed by atoms with van der Waals surface area (Å²) in [6, 6.07) is 11.2. The van der Waals surface area contributed by atoms with Crippen molar-refractivity contribution in [2.45, 2.75) is 24.7 Å². The van der Waals surface area contributed by atoms with E-state index in [0.29, 0.717) is 11.3 Å². The number of ether oxygens (including phenoxy) is 1. The van der Waals surface area contributed by atoms with Crippen molar-refractivity contribution < 1.29 is 31.1 Å². The van der Waals surface area contributed by atoms with Crippen LogP contribution < -0.4 is 15.2 Å². The highest BCUT2D eigenvalue weighted by Crippen LogP contribution is 2.36. The van der Waals surface area contributed by atoms with Crippen LogP contribution in [-0.4, -0.2) is 14.3 Å². The monoisotopic (exact) mass is 523 g/mol. The van der Waals surface area contributed by atoms with Crippen LogP contribution in [0.5, 0.6) is 11.5 Å². The fourth-order valence-corrected chi connectivity index (χ4v) is 3.90. The third-order valence-electron chi connectivity index (χ3n) is 4.81. The summed E-state index contributed by atoms with van der Waals surface area (Å²) in [7, 11) is -3.92. The Balaban J connectivity index is 1.84. The third-order valence-corrected chi connectivity index (χ3v) is 6.02. The summed E-state index contributed by atoms with van der Waals surface area (Å²) in [5.41, 5.74) is -0.00590. The van der Waals surface area contributed by atoms with Gasteiger partial charge in [-0.05, 0) is 55.0 Å². The van der Waals surface area contributed by atoms with Gasteiger partial charge in [0.15, 0.2) is 11.6 Å². The molecule has 35 heavy (non-hydrogen) atoms. The molecule has 0 unspecified atom stereocenters. The average molecular weight is 524 g/mol. The van der Waals surface area contributed by atoms with Gasteiger partial charge in [-0.3, -0.25) is 4.79 Å². The summed E-state index contributed by atoms with van der Waals surface area (Å²) in [5.74, 6) is -2.35. The van der Waals surface area contributed by atoms with E-state index in [9.17, 15) is 22.0 Å². The van der Waals surface area contributed by atoms with Crippen molar-refractivity contribution in [1.82, 2.24) is 0 Å². The Bertz CT molecular complexity index is 1460. The second-order valence-electron chi connectivity index (χ2n) is 7.40. The predicted octanol–water partition coefficient (Wildman–Crippen LogP) is 5.22. The normalized spacial score (nSPS) is 11.3. The van der Waals surface area contributed by atoms with Gasteiger partial charge in [0, 0.05) is 16.8 Å². The minimum atomic E-state index is -3.92. The van der Waals surface area contributed by atoms with Crippen LogP contribution >= 0.6 is 11.6 Å². The Hall–Kier alpha value is -3.59. The topological polar surface area (TPSA) is 122 Å². The number of alkyl halides is 2. The van der Waals surface area contributed by atoms with Gasteiger partial charge in [-0.2, -0.15) is 5.26 Å². The molecule has 0 fully saturated rings. The Morgan fingerprint density at radius 1 is 1.20 bits per heavy atom. The van der Waals surface area contributed by atoms with E-state index in [-0.39, 0.29) is 26.8 Å². The fraction of sp³-hybridized carbons (Fsp3) is 0.130. The van der Waals surface area contributed by atoms with E-state index < -0.39 is 45.9 Å². The van der Waals surface area contributed by atoms with E-state index in [4.69, 9.17) is 26.7 Å². The number of sulfonamides is 1. The van der Waals surface area contributed by atoms with E-state index in [1.54, 1.807) is 13.0 Å². The first-order valence-corrected chi connectivity index (χ1v) is 11.7. The largest absolute Gasteiger partial charge is 0.453 e. The molecule has 0 aliphatic rings. The number of nitrogens with zero attached hydrogens (tertiary/aromatic N) is 1. The summed E-state index contributed by atoms with van der Waals surface area (Å²) >= 11 is 6.03. The molecule has 0 aliphatic carbocycles. The molecular weight excluding hydrogens is 507 g/mol. The summed E-state index contributed by atoms with van der Waals surface area (Å²) < 4.78 is 69.6. The van der Waals surface area contributed by atoms with Crippen molar-refractivity contribution in [3.05, 3.63) is 81.6 Å². The van der Waals surface area contributed by atoms with Gasteiger partial charge >= 0.3 is 0 Å². The molecule has 0 radical (unpaired) electrons. The van der Waals surface area contributed by atoms with Gasteiger partial charge in [0.05, 0.1) is 28.0 Å². The quantitative estimate of drug-likeness (QED) is 0.439. The number of carbonyl (C=O) groups excluding carboxylic acids is 1. The molecular formula is C23H17ClF3N3O4S. The first kappa shape index (κ1) is 26.0. The molecule has 3 rings (SSSR count). The van der Waals surface area contributed by atoms with Crippen molar-refractivity contribution in [3.63, 3.8) is 0 Å². The average Bonchev–Trinajstić information content (AvgIpc) is 2.79. The molecule has 0 aromatic heterocycles. The maximum atomic E-state index is 15.1. The number of halogens is 4. The lowest BCUT2D eigenvalue weighted by Crippen LogP contribution is -2.17. The lowest BCUT2D eigenvalue weighted by Gasteiger charge is -2.14. The van der Waals surface area contributed by atoms with Crippen molar-refractivity contribution in [2.24, 2.45) is 5.14 Å². The van der Waals surface area contributed by atoms with Crippen molar-refractivity contribution in [2.75, 3.05) is 5.32 Å². The summed E-state index contributed by atoms with van der Waals surface area (Å²) in [5, 5.41) is 16.5. The Morgan fingerprint density at radius 2 is 1.91 bits per heavy atom. The summed E-state index contributed by atoms with van der Waals surface area (Å²) in [6.45, 7) is 1.56. The molecule has 7 nitrogen and oxygen atoms in total. The van der Waals surface area contributed by atoms with E-state index in [0.717, 1.165) is 18.2 Å². The molecule has 0 aliphatic heterocycles. The number of nitrogens with two attached hydrogens (primary N) is 1. The Kier molecular flexibility index (Phi) is 7.70. The molecule has 0 atom stereocenters. The minimum absolute atomic E-state index is 0.105. The van der Waals surface area contributed by atoms with Gasteiger partial charge in [-0.25, -0.2) is 26.7 Å². The third kappa shape index (κ3) is 6.30. The highest BCUT2D eigenvalue weighted by Gasteiger charge is 2.19. The van der Waals surface area contributed by atoms with Crippen LogP contribution in [0.2, 0.25) is 5.02 Å². The number of benzene rings is 3. The van der Waals surface area contributed by atoms with Crippen LogP contribution in [0.4, 0.5) is 18.9 Å². The molecule has 0 heterocycles. The number of hydrogen-bond donors (Lipinski definition) is 2. The van der Waals surface area contributed by atoms with Crippen LogP contribution in [-0.2, 0) is 21.2 Å². The first-order chi connectivity index (χ1) is 16.4. The van der Waals surface area contributed by atoms with Gasteiger partial charge in [0.1, 0.15) is 5.75 Å². The van der Waals surface area contributed by atoms with E-state index in [1.807, 2.05) is 0 Å². The SMILES string of the molecule is Cc1cc(S(N)(=O)=O)ccc1NC(=O)Cc1ccc(Cl)c(Oc2cc(C#N)cc(C(F)F)c2)c1F. The Labute approximate surface area is 203 Å². The number of hydrogen-bond acceptors (Lipinski definition) is 5. The van der Waals surface area contributed by atoms with Gasteiger partial charge in [-0.15, -0.1) is 0 Å². The molecule has 3 aromatic rings. The van der Waals surface area contributed by atoms with Gasteiger partial charge in [0.2, 0.25) is 15.9 Å². The molecule has 12 heteroatoms. The van der Waals surface area contributed by atoms with Gasteiger partial charge in [-0.1, -0.05) is 17.7 Å². The molecule has 0 saturated carbocycles. The summed E-state index contributed by atoms with van der Waals surface area (Å²) in [6.07, 6.45) is -3.33. The fourth-order valence-electron chi connectivity index (χ4n) is 3.11. The summed E-state index contributed by atoms with van der Waals surface area (Å²) in [4.78, 5) is 12.4. The molecule has 0 bridgehead atoms. The van der Waals surface area contributed by atoms with Crippen LogP contribution in [0.25, 0.3) is 0 Å². The number of rotatable bonds is 7. The number of amides is 1. The van der Waals surface area contributed by atoms with Crippen LogP contribution in [0, 0.1) is 24.1 Å². The maximum Gasteiger partial charge on any atom is 0.264 e. The van der Waals surface area contributed by atoms with Crippen LogP contribution in [0.15, 0.2) is 53.4 Å². The van der Waals surface area contributed by atoms with E-state index in [1.165, 1.54) is 30.3 Å². The molecule has 0 spiro atoms. The van der Waals surface area contributed by atoms with Crippen LogP contribution in [0.1, 0.15) is 28.7 Å². The van der Waals surface area contributed by atoms with Crippen LogP contribution in [0.3, 0.4) is 0 Å². The maximum absolute atomic E-state index is 15.1. The molecule has 3 aromatic carbocycles. The molecule has 1 amide bonds. The number of aryl methyl sites for hydroxylation is 1. The zero-order chi connectivity index (χ0) is 25.9. The number of anilines is 1. The van der Waals surface area contributed by atoms with Crippen molar-refractivity contribution in [3.8, 4) is 17.6 Å². The molecule has 3 N–H and O–H groups in total. The van der Waals surface area contributed by atoms with E-state index >= 15 is 4.39 Å². The smallest absolute Gasteiger partial charge is 0.264 e. The lowest BCUT2D eigenvalue weighted by molar-refractivity contribution is -0.115. The number of primary sulfonamides is 1. The van der Waals surface area contributed by atoms with Gasteiger partial charge < -0.3 is 10.1 Å². The second-order valence-corrected chi connectivity index (χ2v) is 9.37. The first-order valence-electron chi connectivity index (χ1n) is 9.80. The van der Waals surface area contributed by atoms with E-state index in [2.05, 4.69) is 5.32 Å². The van der Waals surface area contributed by atoms with Crippen molar-refractivity contribution in [1.29, 1.82) is 5.26 Å². The lowest BCUT2D eigenvalue weighted by atomic mass is 10.1. The predicted molar refractivity (Wildman–Crippen MR) is 122 cm³/mol. The molecule has 182 valence electrons.